The maximum atomic E-state index is 12.3. The summed E-state index contributed by atoms with van der Waals surface area (Å²) in [5.41, 5.74) is 2.45. The van der Waals surface area contributed by atoms with Crippen molar-refractivity contribution in [2.75, 3.05) is 18.5 Å². The molecule has 0 bridgehead atoms. The van der Waals surface area contributed by atoms with Crippen molar-refractivity contribution < 1.29 is 14.3 Å². The van der Waals surface area contributed by atoms with Gasteiger partial charge in [0.15, 0.2) is 11.5 Å². The van der Waals surface area contributed by atoms with Gasteiger partial charge in [0.25, 0.3) is 5.56 Å². The standard InChI is InChI=1S/C19H19N3O4/c1-11-14(12(2)21-19(24)15(11)10-20)4-6-18(23)22-13-3-5-16-17(9-13)26-8-7-25-16/h3,5,9H,4,6-8H2,1-2H3,(H,21,24)(H,22,23). The summed E-state index contributed by atoms with van der Waals surface area (Å²) in [7, 11) is 0. The molecule has 7 nitrogen and oxygen atoms in total. The monoisotopic (exact) mass is 353 g/mol. The topological polar surface area (TPSA) is 104 Å². The van der Waals surface area contributed by atoms with Crippen LogP contribution in [0.2, 0.25) is 0 Å². The van der Waals surface area contributed by atoms with E-state index in [0.717, 1.165) is 5.56 Å². The summed E-state index contributed by atoms with van der Waals surface area (Å²) in [5, 5.41) is 11.9. The molecule has 1 aliphatic rings. The third-order valence-corrected chi connectivity index (χ3v) is 4.35. The lowest BCUT2D eigenvalue weighted by Crippen LogP contribution is -2.19. The van der Waals surface area contributed by atoms with Crippen LogP contribution in [0.25, 0.3) is 0 Å². The highest BCUT2D eigenvalue weighted by Gasteiger charge is 2.15. The summed E-state index contributed by atoms with van der Waals surface area (Å²) in [6, 6.07) is 7.17. The van der Waals surface area contributed by atoms with Gasteiger partial charge < -0.3 is 19.8 Å². The number of fused-ring (bicyclic) bond motifs is 1. The van der Waals surface area contributed by atoms with Crippen LogP contribution in [-0.2, 0) is 11.2 Å². The van der Waals surface area contributed by atoms with E-state index in [-0.39, 0.29) is 17.9 Å². The van der Waals surface area contributed by atoms with E-state index in [1.54, 1.807) is 32.0 Å². The van der Waals surface area contributed by atoms with E-state index in [9.17, 15) is 9.59 Å². The number of rotatable bonds is 4. The molecule has 1 amide bonds. The molecule has 0 saturated heterocycles. The van der Waals surface area contributed by atoms with Crippen molar-refractivity contribution in [2.45, 2.75) is 26.7 Å². The highest BCUT2D eigenvalue weighted by Crippen LogP contribution is 2.32. The maximum Gasteiger partial charge on any atom is 0.266 e. The summed E-state index contributed by atoms with van der Waals surface area (Å²) in [6.45, 7) is 4.50. The zero-order chi connectivity index (χ0) is 18.7. The fraction of sp³-hybridized carbons (Fsp3) is 0.316. The molecule has 1 aromatic carbocycles. The van der Waals surface area contributed by atoms with Gasteiger partial charge in [-0.15, -0.1) is 0 Å². The quantitative estimate of drug-likeness (QED) is 0.877. The molecule has 0 radical (unpaired) electrons. The number of hydrogen-bond acceptors (Lipinski definition) is 5. The zero-order valence-electron chi connectivity index (χ0n) is 14.6. The number of H-pyrrole nitrogens is 1. The molecular weight excluding hydrogens is 334 g/mol. The smallest absolute Gasteiger partial charge is 0.266 e. The fourth-order valence-corrected chi connectivity index (χ4v) is 3.00. The Bertz CT molecular complexity index is 956. The number of anilines is 1. The number of pyridine rings is 1. The first-order chi connectivity index (χ1) is 12.5. The van der Waals surface area contributed by atoms with Crippen molar-refractivity contribution in [3.8, 4) is 17.6 Å². The number of carbonyl (C=O) groups is 1. The molecule has 1 aliphatic heterocycles. The fourth-order valence-electron chi connectivity index (χ4n) is 3.00. The van der Waals surface area contributed by atoms with Gasteiger partial charge in [-0.25, -0.2) is 0 Å². The van der Waals surface area contributed by atoms with Gasteiger partial charge in [-0.1, -0.05) is 0 Å². The Morgan fingerprint density at radius 2 is 2.00 bits per heavy atom. The average Bonchev–Trinajstić information content (AvgIpc) is 2.61. The molecule has 0 unspecified atom stereocenters. The van der Waals surface area contributed by atoms with Crippen molar-refractivity contribution in [3.05, 3.63) is 50.9 Å². The number of aromatic nitrogens is 1. The van der Waals surface area contributed by atoms with Crippen molar-refractivity contribution in [2.24, 2.45) is 0 Å². The van der Waals surface area contributed by atoms with Gasteiger partial charge in [0.1, 0.15) is 24.8 Å². The lowest BCUT2D eigenvalue weighted by atomic mass is 9.99. The second kappa shape index (κ2) is 7.31. The third kappa shape index (κ3) is 3.54. The van der Waals surface area contributed by atoms with Crippen molar-refractivity contribution in [1.82, 2.24) is 4.98 Å². The van der Waals surface area contributed by atoms with Crippen molar-refractivity contribution >= 4 is 11.6 Å². The van der Waals surface area contributed by atoms with E-state index in [1.807, 2.05) is 6.07 Å². The van der Waals surface area contributed by atoms with Crippen LogP contribution in [0.4, 0.5) is 5.69 Å². The van der Waals surface area contributed by atoms with Crippen LogP contribution in [0, 0.1) is 25.2 Å². The number of aromatic amines is 1. The Morgan fingerprint density at radius 1 is 1.27 bits per heavy atom. The molecule has 2 N–H and O–H groups in total. The van der Waals surface area contributed by atoms with Crippen molar-refractivity contribution in [1.29, 1.82) is 5.26 Å². The molecule has 0 spiro atoms. The van der Waals surface area contributed by atoms with E-state index in [2.05, 4.69) is 10.3 Å². The minimum Gasteiger partial charge on any atom is -0.486 e. The van der Waals surface area contributed by atoms with E-state index in [1.165, 1.54) is 0 Å². The van der Waals surface area contributed by atoms with Gasteiger partial charge in [-0.05, 0) is 43.5 Å². The molecule has 7 heteroatoms. The van der Waals surface area contributed by atoms with Crippen LogP contribution in [0.5, 0.6) is 11.5 Å². The van der Waals surface area contributed by atoms with Gasteiger partial charge in [-0.2, -0.15) is 5.26 Å². The Balaban J connectivity index is 1.68. The summed E-state index contributed by atoms with van der Waals surface area (Å²) in [6.07, 6.45) is 0.659. The lowest BCUT2D eigenvalue weighted by molar-refractivity contribution is -0.116. The number of benzene rings is 1. The predicted octanol–water partition coefficient (Wildman–Crippen LogP) is 2.21. The third-order valence-electron chi connectivity index (χ3n) is 4.35. The summed E-state index contributed by atoms with van der Waals surface area (Å²) in [4.78, 5) is 26.7. The normalized spacial score (nSPS) is 12.3. The Hall–Kier alpha value is -3.27. The Labute approximate surface area is 150 Å². The van der Waals surface area contributed by atoms with Gasteiger partial charge >= 0.3 is 0 Å². The zero-order valence-corrected chi connectivity index (χ0v) is 14.6. The van der Waals surface area contributed by atoms with Crippen LogP contribution >= 0.6 is 0 Å². The predicted molar refractivity (Wildman–Crippen MR) is 95.6 cm³/mol. The second-order valence-electron chi connectivity index (χ2n) is 6.08. The van der Waals surface area contributed by atoms with Crippen LogP contribution in [0.3, 0.4) is 0 Å². The number of nitrogens with one attached hydrogen (secondary N) is 2. The minimum absolute atomic E-state index is 0.0952. The number of ether oxygens (including phenoxy) is 2. The molecular formula is C19H19N3O4. The van der Waals surface area contributed by atoms with Gasteiger partial charge in [0.2, 0.25) is 5.91 Å². The molecule has 0 saturated carbocycles. The molecule has 0 fully saturated rings. The van der Waals surface area contributed by atoms with Gasteiger partial charge in [-0.3, -0.25) is 9.59 Å². The van der Waals surface area contributed by atoms with Crippen LogP contribution in [-0.4, -0.2) is 24.1 Å². The molecule has 134 valence electrons. The first kappa shape index (κ1) is 17.5. The van der Waals surface area contributed by atoms with E-state index < -0.39 is 5.56 Å². The number of nitriles is 1. The molecule has 0 aliphatic carbocycles. The van der Waals surface area contributed by atoms with Crippen molar-refractivity contribution in [3.63, 3.8) is 0 Å². The van der Waals surface area contributed by atoms with Gasteiger partial charge in [0, 0.05) is 23.9 Å². The lowest BCUT2D eigenvalue weighted by Gasteiger charge is -2.19. The summed E-state index contributed by atoms with van der Waals surface area (Å²) >= 11 is 0. The van der Waals surface area contributed by atoms with E-state index in [4.69, 9.17) is 14.7 Å². The number of carbonyl (C=O) groups excluding carboxylic acids is 1. The number of amides is 1. The highest BCUT2D eigenvalue weighted by molar-refractivity contribution is 5.91. The molecule has 0 atom stereocenters. The highest BCUT2D eigenvalue weighted by atomic mass is 16.6. The molecule has 3 rings (SSSR count). The second-order valence-corrected chi connectivity index (χ2v) is 6.08. The molecule has 2 heterocycles. The minimum atomic E-state index is -0.396. The van der Waals surface area contributed by atoms with Crippen LogP contribution in [0.15, 0.2) is 23.0 Å². The largest absolute Gasteiger partial charge is 0.486 e. The van der Waals surface area contributed by atoms with Crippen LogP contribution < -0.4 is 20.3 Å². The first-order valence-electron chi connectivity index (χ1n) is 8.31. The van der Waals surface area contributed by atoms with Crippen LogP contribution in [0.1, 0.15) is 28.8 Å². The number of aryl methyl sites for hydroxylation is 1. The summed E-state index contributed by atoms with van der Waals surface area (Å²) < 4.78 is 11.0. The Morgan fingerprint density at radius 3 is 2.73 bits per heavy atom. The van der Waals surface area contributed by atoms with Gasteiger partial charge in [0.05, 0.1) is 0 Å². The number of nitrogens with zero attached hydrogens (tertiary/aromatic N) is 1. The Kier molecular flexibility index (Phi) is 4.94. The molecule has 1 aromatic heterocycles. The van der Waals surface area contributed by atoms with E-state index in [0.29, 0.717) is 48.1 Å². The molecule has 2 aromatic rings. The average molecular weight is 353 g/mol. The summed E-state index contributed by atoms with van der Waals surface area (Å²) in [5.74, 6) is 1.11. The van der Waals surface area contributed by atoms with E-state index >= 15 is 0 Å². The molecule has 26 heavy (non-hydrogen) atoms. The SMILES string of the molecule is Cc1[nH]c(=O)c(C#N)c(C)c1CCC(=O)Nc1ccc2c(c1)OCCO2. The first-order valence-corrected chi connectivity index (χ1v) is 8.31. The number of hydrogen-bond donors (Lipinski definition) is 2. The maximum absolute atomic E-state index is 12.3.